The highest BCUT2D eigenvalue weighted by molar-refractivity contribution is 9.10. The number of aromatic amines is 1. The lowest BCUT2D eigenvalue weighted by molar-refractivity contribution is 0.0989. The van der Waals surface area contributed by atoms with Crippen LogP contribution in [0.4, 0.5) is 5.69 Å². The number of nitrogens with two attached hydrogens (primary N) is 1. The van der Waals surface area contributed by atoms with E-state index in [4.69, 9.17) is 5.73 Å². The van der Waals surface area contributed by atoms with Gasteiger partial charge in [0.2, 0.25) is 0 Å². The number of hydrogen-bond acceptors (Lipinski definition) is 3. The van der Waals surface area contributed by atoms with Gasteiger partial charge in [-0.15, -0.1) is 0 Å². The first-order valence-corrected chi connectivity index (χ1v) is 8.72. The number of nitrogens with one attached hydrogen (secondary N) is 1. The second kappa shape index (κ2) is 6.03. The number of H-pyrrole nitrogens is 1. The third-order valence-corrected chi connectivity index (χ3v) is 5.01. The minimum Gasteiger partial charge on any atom is -0.345 e. The van der Waals surface area contributed by atoms with Gasteiger partial charge in [0.05, 0.1) is 17.4 Å². The summed E-state index contributed by atoms with van der Waals surface area (Å²) in [5, 5.41) is 0. The third kappa shape index (κ3) is 2.42. The highest BCUT2D eigenvalue weighted by atomic mass is 79.9. The Morgan fingerprint density at radius 3 is 3.04 bits per heavy atom. The number of anilines is 1. The van der Waals surface area contributed by atoms with Crippen molar-refractivity contribution in [3.8, 4) is 0 Å². The Labute approximate surface area is 148 Å². The summed E-state index contributed by atoms with van der Waals surface area (Å²) in [6.45, 7) is 1.27. The molecule has 2 heterocycles. The zero-order valence-electron chi connectivity index (χ0n) is 13.0. The molecule has 4 rings (SSSR count). The van der Waals surface area contributed by atoms with Crippen LogP contribution < -0.4 is 10.6 Å². The maximum Gasteiger partial charge on any atom is 0.260 e. The van der Waals surface area contributed by atoms with E-state index in [1.807, 2.05) is 35.2 Å². The summed E-state index contributed by atoms with van der Waals surface area (Å²) in [5.41, 5.74) is 10.1. The fourth-order valence-corrected chi connectivity index (χ4v) is 3.92. The van der Waals surface area contributed by atoms with Crippen LogP contribution in [0.25, 0.3) is 11.0 Å². The molecule has 0 aliphatic carbocycles. The average molecular weight is 385 g/mol. The van der Waals surface area contributed by atoms with E-state index in [-0.39, 0.29) is 11.8 Å². The normalized spacial score (nSPS) is 16.6. The number of halogens is 1. The van der Waals surface area contributed by atoms with Crippen molar-refractivity contribution in [2.75, 3.05) is 18.0 Å². The molecule has 0 fully saturated rings. The van der Waals surface area contributed by atoms with Gasteiger partial charge in [-0.05, 0) is 36.7 Å². The lowest BCUT2D eigenvalue weighted by atomic mass is 9.98. The molecule has 3 aromatic rings. The van der Waals surface area contributed by atoms with Crippen LogP contribution >= 0.6 is 15.9 Å². The van der Waals surface area contributed by atoms with Crippen molar-refractivity contribution in [3.05, 3.63) is 58.3 Å². The van der Waals surface area contributed by atoms with Crippen LogP contribution in [-0.2, 0) is 0 Å². The van der Waals surface area contributed by atoms with E-state index in [0.29, 0.717) is 24.2 Å². The van der Waals surface area contributed by atoms with Gasteiger partial charge >= 0.3 is 0 Å². The fraction of sp³-hybridized carbons (Fsp3) is 0.222. The van der Waals surface area contributed by atoms with Crippen LogP contribution in [0.1, 0.15) is 28.3 Å². The van der Waals surface area contributed by atoms with Crippen molar-refractivity contribution in [2.45, 2.75) is 12.3 Å². The number of benzene rings is 2. The minimum atomic E-state index is -0.0274. The number of carbonyl (C=O) groups is 1. The van der Waals surface area contributed by atoms with Crippen molar-refractivity contribution < 1.29 is 4.79 Å². The number of imidazole rings is 1. The summed E-state index contributed by atoms with van der Waals surface area (Å²) in [6, 6.07) is 11.8. The molecule has 1 aliphatic heterocycles. The molecule has 0 bridgehead atoms. The van der Waals surface area contributed by atoms with Gasteiger partial charge in [-0.25, -0.2) is 4.98 Å². The van der Waals surface area contributed by atoms with Gasteiger partial charge in [0, 0.05) is 22.6 Å². The second-order valence-corrected chi connectivity index (χ2v) is 6.92. The van der Waals surface area contributed by atoms with Crippen molar-refractivity contribution in [1.82, 2.24) is 9.97 Å². The van der Waals surface area contributed by atoms with Crippen LogP contribution in [0.2, 0.25) is 0 Å². The summed E-state index contributed by atoms with van der Waals surface area (Å²) in [6.07, 6.45) is 2.49. The summed E-state index contributed by atoms with van der Waals surface area (Å²) in [4.78, 5) is 22.5. The molecule has 0 saturated heterocycles. The highest BCUT2D eigenvalue weighted by Crippen LogP contribution is 2.39. The predicted molar refractivity (Wildman–Crippen MR) is 98.3 cm³/mol. The standard InChI is InChI=1S/C18H17BrN4O/c19-12-7-14(17-15(8-12)21-10-22-17)18(24)23-9-11(5-6-20)13-3-1-2-4-16(13)23/h1-4,7-8,10-11H,5-6,9,20H2,(H,21,22). The molecule has 1 aliphatic rings. The van der Waals surface area contributed by atoms with Crippen molar-refractivity contribution >= 4 is 38.6 Å². The molecule has 1 amide bonds. The van der Waals surface area contributed by atoms with Crippen molar-refractivity contribution in [1.29, 1.82) is 0 Å². The quantitative estimate of drug-likeness (QED) is 0.726. The Morgan fingerprint density at radius 2 is 2.21 bits per heavy atom. The molecule has 2 aromatic carbocycles. The minimum absolute atomic E-state index is 0.0274. The van der Waals surface area contributed by atoms with Crippen LogP contribution in [0.15, 0.2) is 47.2 Å². The van der Waals surface area contributed by atoms with E-state index in [0.717, 1.165) is 22.1 Å². The monoisotopic (exact) mass is 384 g/mol. The number of para-hydroxylation sites is 1. The number of rotatable bonds is 3. The van der Waals surface area contributed by atoms with E-state index >= 15 is 0 Å². The number of fused-ring (bicyclic) bond motifs is 2. The van der Waals surface area contributed by atoms with Gasteiger partial charge in [0.25, 0.3) is 5.91 Å². The van der Waals surface area contributed by atoms with Gasteiger partial charge in [0.1, 0.15) is 5.52 Å². The molecule has 0 saturated carbocycles. The third-order valence-electron chi connectivity index (χ3n) is 4.55. The van der Waals surface area contributed by atoms with Crippen LogP contribution in [0.5, 0.6) is 0 Å². The van der Waals surface area contributed by atoms with Gasteiger partial charge in [0.15, 0.2) is 0 Å². The van der Waals surface area contributed by atoms with E-state index in [2.05, 4.69) is 32.0 Å². The molecule has 3 N–H and O–H groups in total. The zero-order valence-corrected chi connectivity index (χ0v) is 14.6. The molecule has 1 aromatic heterocycles. The van der Waals surface area contributed by atoms with Crippen LogP contribution in [0.3, 0.4) is 0 Å². The van der Waals surface area contributed by atoms with E-state index in [1.165, 1.54) is 5.56 Å². The SMILES string of the molecule is NCCC1CN(C(=O)c2cc(Br)cc3[nH]cnc23)c2ccccc21. The fourth-order valence-electron chi connectivity index (χ4n) is 3.46. The zero-order chi connectivity index (χ0) is 16.7. The molecular weight excluding hydrogens is 368 g/mol. The molecule has 24 heavy (non-hydrogen) atoms. The second-order valence-electron chi connectivity index (χ2n) is 6.00. The van der Waals surface area contributed by atoms with Gasteiger partial charge in [-0.1, -0.05) is 34.1 Å². The van der Waals surface area contributed by atoms with Crippen molar-refractivity contribution in [3.63, 3.8) is 0 Å². The molecule has 1 atom stereocenters. The Hall–Kier alpha value is -2.18. The molecule has 0 radical (unpaired) electrons. The van der Waals surface area contributed by atoms with Crippen LogP contribution in [0, 0.1) is 0 Å². The summed E-state index contributed by atoms with van der Waals surface area (Å²) in [7, 11) is 0. The maximum absolute atomic E-state index is 13.2. The van der Waals surface area contributed by atoms with Gasteiger partial charge in [-0.2, -0.15) is 0 Å². The Balaban J connectivity index is 1.78. The maximum atomic E-state index is 13.2. The lowest BCUT2D eigenvalue weighted by Crippen LogP contribution is -2.30. The Morgan fingerprint density at radius 1 is 1.38 bits per heavy atom. The molecule has 6 heteroatoms. The van der Waals surface area contributed by atoms with E-state index in [9.17, 15) is 4.79 Å². The van der Waals surface area contributed by atoms with Gasteiger partial charge < -0.3 is 15.6 Å². The number of amides is 1. The van der Waals surface area contributed by atoms with Crippen LogP contribution in [-0.4, -0.2) is 29.0 Å². The van der Waals surface area contributed by atoms with E-state index < -0.39 is 0 Å². The molecule has 122 valence electrons. The van der Waals surface area contributed by atoms with Gasteiger partial charge in [-0.3, -0.25) is 4.79 Å². The smallest absolute Gasteiger partial charge is 0.260 e. The predicted octanol–water partition coefficient (Wildman–Crippen LogP) is 3.42. The Kier molecular flexibility index (Phi) is 3.86. The average Bonchev–Trinajstić information content (AvgIpc) is 3.19. The first-order valence-electron chi connectivity index (χ1n) is 7.92. The molecular formula is C18H17BrN4O. The molecule has 5 nitrogen and oxygen atoms in total. The summed E-state index contributed by atoms with van der Waals surface area (Å²) in [5.74, 6) is 0.261. The number of aromatic nitrogens is 2. The molecule has 0 spiro atoms. The lowest BCUT2D eigenvalue weighted by Gasteiger charge is -2.18. The number of carbonyl (C=O) groups excluding carboxylic acids is 1. The number of hydrogen-bond donors (Lipinski definition) is 2. The first-order chi connectivity index (χ1) is 11.7. The first kappa shape index (κ1) is 15.4. The summed E-state index contributed by atoms with van der Waals surface area (Å²) < 4.78 is 0.855. The Bertz CT molecular complexity index is 920. The van der Waals surface area contributed by atoms with E-state index in [1.54, 1.807) is 6.33 Å². The summed E-state index contributed by atoms with van der Waals surface area (Å²) >= 11 is 3.48. The van der Waals surface area contributed by atoms with Crippen molar-refractivity contribution in [2.24, 2.45) is 5.73 Å². The number of nitrogens with zero attached hydrogens (tertiary/aromatic N) is 2. The topological polar surface area (TPSA) is 75.0 Å². The highest BCUT2D eigenvalue weighted by Gasteiger charge is 2.33. The largest absolute Gasteiger partial charge is 0.345 e. The molecule has 1 unspecified atom stereocenters.